The van der Waals surface area contributed by atoms with Crippen molar-refractivity contribution in [1.29, 1.82) is 0 Å². The lowest BCUT2D eigenvalue weighted by molar-refractivity contribution is 0.598. The average Bonchev–Trinajstić information content (AvgIpc) is 2.55. The van der Waals surface area contributed by atoms with Crippen molar-refractivity contribution in [3.8, 4) is 0 Å². The molecule has 1 aromatic heterocycles. The van der Waals surface area contributed by atoms with Crippen molar-refractivity contribution in [3.05, 3.63) is 47.3 Å². The van der Waals surface area contributed by atoms with Crippen molar-refractivity contribution in [1.82, 2.24) is 9.97 Å². The maximum atomic E-state index is 4.60. The summed E-state index contributed by atoms with van der Waals surface area (Å²) in [6.45, 7) is 2.08. The summed E-state index contributed by atoms with van der Waals surface area (Å²) in [5.41, 5.74) is 2.87. The molecule has 2 aromatic rings. The average molecular weight is 282 g/mol. The van der Waals surface area contributed by atoms with Crippen LogP contribution in [0.2, 0.25) is 0 Å². The molecule has 0 radical (unpaired) electrons. The Kier molecular flexibility index (Phi) is 4.04. The third kappa shape index (κ3) is 2.99. The third-order valence-electron chi connectivity index (χ3n) is 4.04. The molecular weight excluding hydrogens is 260 g/mol. The quantitative estimate of drug-likeness (QED) is 0.900. The maximum absolute atomic E-state index is 4.60. The molecule has 0 aliphatic heterocycles. The van der Waals surface area contributed by atoms with E-state index in [-0.39, 0.29) is 0 Å². The molecule has 4 nitrogen and oxygen atoms in total. The van der Waals surface area contributed by atoms with E-state index in [2.05, 4.69) is 51.8 Å². The summed E-state index contributed by atoms with van der Waals surface area (Å²) in [6, 6.07) is 11.0. The second-order valence-corrected chi connectivity index (χ2v) is 5.45. The van der Waals surface area contributed by atoms with Gasteiger partial charge in [0.2, 0.25) is 0 Å². The molecule has 21 heavy (non-hydrogen) atoms. The smallest absolute Gasteiger partial charge is 0.132 e. The van der Waals surface area contributed by atoms with Gasteiger partial charge in [0.1, 0.15) is 17.5 Å². The van der Waals surface area contributed by atoms with E-state index < -0.39 is 0 Å². The van der Waals surface area contributed by atoms with Gasteiger partial charge < -0.3 is 10.6 Å². The van der Waals surface area contributed by atoms with E-state index in [1.807, 2.05) is 13.1 Å². The van der Waals surface area contributed by atoms with Gasteiger partial charge >= 0.3 is 0 Å². The molecule has 1 aromatic carbocycles. The Hall–Kier alpha value is -2.10. The Morgan fingerprint density at radius 3 is 2.81 bits per heavy atom. The Balaban J connectivity index is 1.87. The number of aryl methyl sites for hydroxylation is 2. The molecule has 1 heterocycles. The number of aromatic nitrogens is 2. The van der Waals surface area contributed by atoms with Crippen LogP contribution < -0.4 is 10.6 Å². The van der Waals surface area contributed by atoms with Crippen molar-refractivity contribution >= 4 is 11.6 Å². The van der Waals surface area contributed by atoms with Gasteiger partial charge in [0.25, 0.3) is 0 Å². The van der Waals surface area contributed by atoms with Gasteiger partial charge in [-0.25, -0.2) is 9.97 Å². The molecule has 0 saturated carbocycles. The largest absolute Gasteiger partial charge is 0.373 e. The van der Waals surface area contributed by atoms with Crippen LogP contribution in [0.25, 0.3) is 0 Å². The summed E-state index contributed by atoms with van der Waals surface area (Å²) in [7, 11) is 1.89. The maximum Gasteiger partial charge on any atom is 0.132 e. The first-order valence-electron chi connectivity index (χ1n) is 7.70. The van der Waals surface area contributed by atoms with Crippen molar-refractivity contribution in [2.45, 2.75) is 38.6 Å². The fourth-order valence-electron chi connectivity index (χ4n) is 2.94. The number of fused-ring (bicyclic) bond motifs is 1. The van der Waals surface area contributed by atoms with E-state index >= 15 is 0 Å². The van der Waals surface area contributed by atoms with Gasteiger partial charge in [-0.05, 0) is 30.4 Å². The number of rotatable bonds is 4. The zero-order valence-corrected chi connectivity index (χ0v) is 12.7. The lowest BCUT2D eigenvalue weighted by Crippen LogP contribution is -2.18. The molecule has 1 aliphatic carbocycles. The zero-order valence-electron chi connectivity index (χ0n) is 12.7. The first-order valence-corrected chi connectivity index (χ1v) is 7.70. The number of nitrogens with zero attached hydrogens (tertiary/aromatic N) is 2. The summed E-state index contributed by atoms with van der Waals surface area (Å²) in [6.07, 6.45) is 4.39. The van der Waals surface area contributed by atoms with Crippen LogP contribution in [0.3, 0.4) is 0 Å². The minimum Gasteiger partial charge on any atom is -0.373 e. The van der Waals surface area contributed by atoms with E-state index in [0.29, 0.717) is 6.04 Å². The van der Waals surface area contributed by atoms with Crippen molar-refractivity contribution in [2.24, 2.45) is 0 Å². The summed E-state index contributed by atoms with van der Waals surface area (Å²) in [5.74, 6) is 2.65. The van der Waals surface area contributed by atoms with Crippen LogP contribution in [-0.4, -0.2) is 17.0 Å². The minimum absolute atomic E-state index is 0.347. The van der Waals surface area contributed by atoms with Crippen LogP contribution in [0, 0.1) is 0 Å². The summed E-state index contributed by atoms with van der Waals surface area (Å²) in [4.78, 5) is 9.05. The SMILES string of the molecule is CCc1nc(NC)cc(NC2CCCc3ccccc32)n1. The highest BCUT2D eigenvalue weighted by molar-refractivity contribution is 5.49. The lowest BCUT2D eigenvalue weighted by atomic mass is 9.88. The molecule has 4 heteroatoms. The van der Waals surface area contributed by atoms with Gasteiger partial charge in [0.05, 0.1) is 6.04 Å². The predicted octanol–water partition coefficient (Wildman–Crippen LogP) is 3.57. The molecular formula is C17H22N4. The lowest BCUT2D eigenvalue weighted by Gasteiger charge is -2.27. The highest BCUT2D eigenvalue weighted by atomic mass is 15.1. The van der Waals surface area contributed by atoms with Crippen molar-refractivity contribution in [2.75, 3.05) is 17.7 Å². The van der Waals surface area contributed by atoms with E-state index in [4.69, 9.17) is 0 Å². The van der Waals surface area contributed by atoms with E-state index in [9.17, 15) is 0 Å². The number of nitrogens with one attached hydrogen (secondary N) is 2. The summed E-state index contributed by atoms with van der Waals surface area (Å²) >= 11 is 0. The Labute approximate surface area is 126 Å². The minimum atomic E-state index is 0.347. The molecule has 2 N–H and O–H groups in total. The van der Waals surface area contributed by atoms with Crippen LogP contribution in [0.15, 0.2) is 30.3 Å². The van der Waals surface area contributed by atoms with Crippen LogP contribution >= 0.6 is 0 Å². The van der Waals surface area contributed by atoms with Crippen LogP contribution in [0.1, 0.15) is 42.8 Å². The highest BCUT2D eigenvalue weighted by Gasteiger charge is 2.20. The first-order chi connectivity index (χ1) is 10.3. The fraction of sp³-hybridized carbons (Fsp3) is 0.412. The number of anilines is 2. The molecule has 1 aliphatic rings. The normalized spacial score (nSPS) is 17.1. The van der Waals surface area contributed by atoms with E-state index in [0.717, 1.165) is 30.3 Å². The summed E-state index contributed by atoms with van der Waals surface area (Å²) in [5, 5.41) is 6.70. The third-order valence-corrected chi connectivity index (χ3v) is 4.04. The van der Waals surface area contributed by atoms with Crippen LogP contribution in [0.5, 0.6) is 0 Å². The first kappa shape index (κ1) is 13.9. The van der Waals surface area contributed by atoms with Crippen molar-refractivity contribution < 1.29 is 0 Å². The highest BCUT2D eigenvalue weighted by Crippen LogP contribution is 2.32. The van der Waals surface area contributed by atoms with Gasteiger partial charge in [-0.1, -0.05) is 31.2 Å². The van der Waals surface area contributed by atoms with Crippen LogP contribution in [0.4, 0.5) is 11.6 Å². The summed E-state index contributed by atoms with van der Waals surface area (Å²) < 4.78 is 0. The second-order valence-electron chi connectivity index (χ2n) is 5.45. The monoisotopic (exact) mass is 282 g/mol. The van der Waals surface area contributed by atoms with Crippen LogP contribution in [-0.2, 0) is 12.8 Å². The van der Waals surface area contributed by atoms with E-state index in [1.54, 1.807) is 0 Å². The predicted molar refractivity (Wildman–Crippen MR) is 86.7 cm³/mol. The fourth-order valence-corrected chi connectivity index (χ4v) is 2.94. The van der Waals surface area contributed by atoms with Gasteiger partial charge in [-0.2, -0.15) is 0 Å². The zero-order chi connectivity index (χ0) is 14.7. The Morgan fingerprint density at radius 2 is 2.00 bits per heavy atom. The van der Waals surface area contributed by atoms with Gasteiger partial charge in [0.15, 0.2) is 0 Å². The molecule has 1 atom stereocenters. The molecule has 110 valence electrons. The molecule has 0 amide bonds. The molecule has 3 rings (SSSR count). The molecule has 0 fully saturated rings. The Morgan fingerprint density at radius 1 is 1.19 bits per heavy atom. The molecule has 0 saturated heterocycles. The molecule has 0 bridgehead atoms. The number of hydrogen-bond donors (Lipinski definition) is 2. The topological polar surface area (TPSA) is 49.8 Å². The number of benzene rings is 1. The molecule has 1 unspecified atom stereocenters. The second kappa shape index (κ2) is 6.12. The number of hydrogen-bond acceptors (Lipinski definition) is 4. The van der Waals surface area contributed by atoms with Gasteiger partial charge in [-0.15, -0.1) is 0 Å². The van der Waals surface area contributed by atoms with Gasteiger partial charge in [0, 0.05) is 19.5 Å². The molecule has 0 spiro atoms. The van der Waals surface area contributed by atoms with E-state index in [1.165, 1.54) is 24.0 Å². The standard InChI is InChI=1S/C17H22N4/c1-3-15-20-16(18-2)11-17(21-15)19-14-10-6-8-12-7-4-5-9-13(12)14/h4-5,7,9,11,14H,3,6,8,10H2,1-2H3,(H2,18,19,20,21). The van der Waals surface area contributed by atoms with Crippen molar-refractivity contribution in [3.63, 3.8) is 0 Å². The van der Waals surface area contributed by atoms with Gasteiger partial charge in [-0.3, -0.25) is 0 Å². The Bertz CT molecular complexity index is 602.